The normalized spacial score (nSPS) is 14.8. The predicted molar refractivity (Wildman–Crippen MR) is 118 cm³/mol. The van der Waals surface area contributed by atoms with Gasteiger partial charge in [0.15, 0.2) is 5.13 Å². The van der Waals surface area contributed by atoms with Crippen molar-refractivity contribution in [2.45, 2.75) is 11.8 Å². The summed E-state index contributed by atoms with van der Waals surface area (Å²) in [6.45, 7) is 4.98. The number of hydrogen-bond acceptors (Lipinski definition) is 6. The van der Waals surface area contributed by atoms with Crippen LogP contribution in [0.4, 0.5) is 10.8 Å². The zero-order valence-corrected chi connectivity index (χ0v) is 18.1. The summed E-state index contributed by atoms with van der Waals surface area (Å²) in [5.41, 5.74) is 3.16. The number of sulfonamides is 1. The lowest BCUT2D eigenvalue weighted by Gasteiger charge is -2.26. The van der Waals surface area contributed by atoms with Crippen LogP contribution in [0.5, 0.6) is 0 Å². The Hall–Kier alpha value is -2.13. The van der Waals surface area contributed by atoms with Crippen molar-refractivity contribution in [3.63, 3.8) is 0 Å². The van der Waals surface area contributed by atoms with E-state index in [-0.39, 0.29) is 9.92 Å². The number of rotatable bonds is 5. The fourth-order valence-corrected chi connectivity index (χ4v) is 5.59. The van der Waals surface area contributed by atoms with E-state index in [0.29, 0.717) is 5.69 Å². The second-order valence-electron chi connectivity index (χ2n) is 6.73. The molecule has 3 aromatic rings. The van der Waals surface area contributed by atoms with Crippen molar-refractivity contribution in [2.24, 2.45) is 0 Å². The van der Waals surface area contributed by atoms with Gasteiger partial charge in [-0.05, 0) is 36.8 Å². The van der Waals surface area contributed by atoms with E-state index in [9.17, 15) is 8.42 Å². The number of halogens is 1. The zero-order chi connectivity index (χ0) is 20.4. The van der Waals surface area contributed by atoms with Gasteiger partial charge in [-0.2, -0.15) is 0 Å². The summed E-state index contributed by atoms with van der Waals surface area (Å²) in [7, 11) is -3.76. The first kappa shape index (κ1) is 20.2. The van der Waals surface area contributed by atoms with Crippen molar-refractivity contribution in [1.29, 1.82) is 0 Å². The molecule has 1 aliphatic heterocycles. The first-order valence-electron chi connectivity index (χ1n) is 9.10. The van der Waals surface area contributed by atoms with Crippen molar-refractivity contribution >= 4 is 43.8 Å². The molecule has 0 spiro atoms. The number of hydrogen-bond donors (Lipinski definition) is 1. The lowest BCUT2D eigenvalue weighted by atomic mass is 10.1. The van der Waals surface area contributed by atoms with Gasteiger partial charge in [0.05, 0.1) is 23.9 Å². The zero-order valence-electron chi connectivity index (χ0n) is 15.8. The van der Waals surface area contributed by atoms with Crippen LogP contribution in [-0.2, 0) is 14.8 Å². The molecule has 0 radical (unpaired) electrons. The quantitative estimate of drug-likeness (QED) is 0.624. The Morgan fingerprint density at radius 3 is 2.55 bits per heavy atom. The van der Waals surface area contributed by atoms with Crippen molar-refractivity contribution in [1.82, 2.24) is 4.98 Å². The first-order valence-corrected chi connectivity index (χ1v) is 11.8. The van der Waals surface area contributed by atoms with Gasteiger partial charge in [0.1, 0.15) is 4.90 Å². The monoisotopic (exact) mass is 449 g/mol. The number of morpholine rings is 1. The molecule has 1 N–H and O–H groups in total. The second-order valence-corrected chi connectivity index (χ2v) is 9.63. The molecule has 0 bridgehead atoms. The number of anilines is 2. The van der Waals surface area contributed by atoms with Gasteiger partial charge in [0.2, 0.25) is 0 Å². The summed E-state index contributed by atoms with van der Waals surface area (Å²) in [6, 6.07) is 12.0. The highest BCUT2D eigenvalue weighted by molar-refractivity contribution is 7.92. The fraction of sp³-hybridized carbons (Fsp3) is 0.250. The highest BCUT2D eigenvalue weighted by Gasteiger charge is 2.19. The first-order chi connectivity index (χ1) is 13.9. The van der Waals surface area contributed by atoms with Gasteiger partial charge in [0.25, 0.3) is 10.0 Å². The summed E-state index contributed by atoms with van der Waals surface area (Å²) in [5, 5.41) is 3.19. The second kappa shape index (κ2) is 8.31. The van der Waals surface area contributed by atoms with Crippen LogP contribution >= 0.6 is 22.9 Å². The molecule has 0 saturated carbocycles. The number of nitrogens with zero attached hydrogens (tertiary/aromatic N) is 2. The number of aromatic nitrogens is 1. The average Bonchev–Trinajstić information content (AvgIpc) is 3.19. The number of benzene rings is 2. The van der Waals surface area contributed by atoms with Gasteiger partial charge in [-0.3, -0.25) is 4.72 Å². The van der Waals surface area contributed by atoms with E-state index in [4.69, 9.17) is 21.3 Å². The predicted octanol–water partition coefficient (Wildman–Crippen LogP) is 4.41. The van der Waals surface area contributed by atoms with Crippen molar-refractivity contribution in [3.05, 3.63) is 58.4 Å². The Kier molecular flexibility index (Phi) is 5.78. The fourth-order valence-electron chi connectivity index (χ4n) is 3.04. The third-order valence-corrected chi connectivity index (χ3v) is 7.35. The summed E-state index contributed by atoms with van der Waals surface area (Å²) < 4.78 is 33.2. The maximum atomic E-state index is 12.6. The van der Waals surface area contributed by atoms with E-state index in [1.54, 1.807) is 35.6 Å². The van der Waals surface area contributed by atoms with Crippen LogP contribution in [0, 0.1) is 6.92 Å². The molecule has 2 aromatic carbocycles. The van der Waals surface area contributed by atoms with Crippen molar-refractivity contribution in [3.8, 4) is 11.3 Å². The molecule has 4 rings (SSSR count). The Labute approximate surface area is 179 Å². The van der Waals surface area contributed by atoms with Crippen molar-refractivity contribution in [2.75, 3.05) is 35.9 Å². The molecule has 29 heavy (non-hydrogen) atoms. The smallest absolute Gasteiger partial charge is 0.263 e. The third kappa shape index (κ3) is 4.56. The largest absolute Gasteiger partial charge is 0.378 e. The summed E-state index contributed by atoms with van der Waals surface area (Å²) in [6.07, 6.45) is 0. The SMILES string of the molecule is Cc1ccc(S(=O)(=O)Nc2ccc(-c3csc(N4CCOCC4)n3)cc2)c(Cl)c1. The standard InChI is InChI=1S/C20H20ClN3O3S2/c1-14-2-7-19(17(21)12-14)29(25,26)23-16-5-3-15(4-6-16)18-13-28-20(22-18)24-8-10-27-11-9-24/h2-7,12-13,23H,8-11H2,1H3. The summed E-state index contributed by atoms with van der Waals surface area (Å²) in [4.78, 5) is 6.98. The van der Waals surface area contributed by atoms with Crippen LogP contribution in [0.15, 0.2) is 52.7 Å². The Balaban J connectivity index is 1.50. The number of ether oxygens (including phenoxy) is 1. The minimum atomic E-state index is -3.76. The molecular formula is C20H20ClN3O3S2. The Bertz CT molecular complexity index is 1110. The van der Waals surface area contributed by atoms with Gasteiger partial charge in [-0.25, -0.2) is 13.4 Å². The van der Waals surface area contributed by atoms with E-state index < -0.39 is 10.0 Å². The van der Waals surface area contributed by atoms with Crippen LogP contribution in [-0.4, -0.2) is 39.7 Å². The number of nitrogens with one attached hydrogen (secondary N) is 1. The third-order valence-electron chi connectivity index (χ3n) is 4.58. The molecule has 1 aliphatic rings. The molecule has 9 heteroatoms. The highest BCUT2D eigenvalue weighted by Crippen LogP contribution is 2.30. The molecule has 0 atom stereocenters. The molecule has 152 valence electrons. The molecule has 0 aliphatic carbocycles. The molecular weight excluding hydrogens is 430 g/mol. The molecule has 1 aromatic heterocycles. The van der Waals surface area contributed by atoms with Crippen LogP contribution in [0.25, 0.3) is 11.3 Å². The summed E-state index contributed by atoms with van der Waals surface area (Å²) in [5.74, 6) is 0. The van der Waals surface area contributed by atoms with E-state index in [1.807, 2.05) is 24.4 Å². The molecule has 6 nitrogen and oxygen atoms in total. The van der Waals surface area contributed by atoms with E-state index in [2.05, 4.69) is 9.62 Å². The average molecular weight is 450 g/mol. The lowest BCUT2D eigenvalue weighted by Crippen LogP contribution is -2.36. The molecule has 2 heterocycles. The highest BCUT2D eigenvalue weighted by atomic mass is 35.5. The van der Waals surface area contributed by atoms with Crippen molar-refractivity contribution < 1.29 is 13.2 Å². The van der Waals surface area contributed by atoms with Gasteiger partial charge >= 0.3 is 0 Å². The van der Waals surface area contributed by atoms with Crippen LogP contribution in [0.2, 0.25) is 5.02 Å². The van der Waals surface area contributed by atoms with Gasteiger partial charge in [-0.15, -0.1) is 11.3 Å². The van der Waals surface area contributed by atoms with E-state index >= 15 is 0 Å². The Morgan fingerprint density at radius 2 is 1.86 bits per heavy atom. The van der Waals surface area contributed by atoms with Gasteiger partial charge in [0, 0.05) is 29.7 Å². The van der Waals surface area contributed by atoms with Gasteiger partial charge < -0.3 is 9.64 Å². The minimum Gasteiger partial charge on any atom is -0.378 e. The van der Waals surface area contributed by atoms with Crippen LogP contribution < -0.4 is 9.62 Å². The molecule has 1 saturated heterocycles. The van der Waals surface area contributed by atoms with E-state index in [0.717, 1.165) is 48.3 Å². The topological polar surface area (TPSA) is 71.5 Å². The number of aryl methyl sites for hydroxylation is 1. The van der Waals surface area contributed by atoms with Crippen LogP contribution in [0.1, 0.15) is 5.56 Å². The summed E-state index contributed by atoms with van der Waals surface area (Å²) >= 11 is 7.71. The van der Waals surface area contributed by atoms with Gasteiger partial charge in [-0.1, -0.05) is 29.8 Å². The molecule has 0 amide bonds. The minimum absolute atomic E-state index is 0.0588. The van der Waals surface area contributed by atoms with E-state index in [1.165, 1.54) is 6.07 Å². The molecule has 0 unspecified atom stereocenters. The maximum Gasteiger partial charge on any atom is 0.263 e. The van der Waals surface area contributed by atoms with Crippen LogP contribution in [0.3, 0.4) is 0 Å². The maximum absolute atomic E-state index is 12.6. The molecule has 1 fully saturated rings. The Morgan fingerprint density at radius 1 is 1.14 bits per heavy atom. The number of thiazole rings is 1. The lowest BCUT2D eigenvalue weighted by molar-refractivity contribution is 0.122.